The zero-order chi connectivity index (χ0) is 11.4. The maximum absolute atomic E-state index is 8.80. The third-order valence-electron chi connectivity index (χ3n) is 2.68. The van der Waals surface area contributed by atoms with Crippen LogP contribution in [0.1, 0.15) is 30.9 Å². The summed E-state index contributed by atoms with van der Waals surface area (Å²) in [4.78, 5) is 0. The average molecular weight is 212 g/mol. The first kappa shape index (κ1) is 10.9. The van der Waals surface area contributed by atoms with Gasteiger partial charge in [0.1, 0.15) is 0 Å². The van der Waals surface area contributed by atoms with Gasteiger partial charge in [0.2, 0.25) is 0 Å². The normalized spacial score (nSPS) is 15.9. The summed E-state index contributed by atoms with van der Waals surface area (Å²) in [5.74, 6) is 0. The van der Waals surface area contributed by atoms with Crippen LogP contribution >= 0.6 is 0 Å². The molecule has 0 atom stereocenters. The van der Waals surface area contributed by atoms with Crippen LogP contribution in [0.25, 0.3) is 6.08 Å². The van der Waals surface area contributed by atoms with Gasteiger partial charge in [0.15, 0.2) is 0 Å². The van der Waals surface area contributed by atoms with Crippen LogP contribution in [0.5, 0.6) is 0 Å². The van der Waals surface area contributed by atoms with Crippen LogP contribution in [0, 0.1) is 11.3 Å². The summed E-state index contributed by atoms with van der Waals surface area (Å²) in [5, 5.41) is 12.3. The average Bonchev–Trinajstić information content (AvgIpc) is 3.10. The topological polar surface area (TPSA) is 35.8 Å². The molecule has 0 unspecified atom stereocenters. The molecule has 1 saturated carbocycles. The third-order valence-corrected chi connectivity index (χ3v) is 2.68. The molecule has 2 heteroatoms. The molecule has 1 fully saturated rings. The van der Waals surface area contributed by atoms with Crippen molar-refractivity contribution in [3.63, 3.8) is 0 Å². The fourth-order valence-corrected chi connectivity index (χ4v) is 1.63. The van der Waals surface area contributed by atoms with E-state index in [-0.39, 0.29) is 0 Å². The molecule has 0 heterocycles. The summed E-state index contributed by atoms with van der Waals surface area (Å²) in [5.41, 5.74) is 3.13. The largest absolute Gasteiger partial charge is 0.310 e. The van der Waals surface area contributed by atoms with Crippen molar-refractivity contribution in [3.05, 3.63) is 41.0 Å². The van der Waals surface area contributed by atoms with Gasteiger partial charge in [-0.25, -0.2) is 0 Å². The second kappa shape index (κ2) is 4.96. The first-order chi connectivity index (χ1) is 7.78. The molecule has 16 heavy (non-hydrogen) atoms. The van der Waals surface area contributed by atoms with Gasteiger partial charge in [-0.05, 0) is 37.5 Å². The predicted molar refractivity (Wildman–Crippen MR) is 65.8 cm³/mol. The summed E-state index contributed by atoms with van der Waals surface area (Å²) < 4.78 is 0. The van der Waals surface area contributed by atoms with Crippen LogP contribution in [0.3, 0.4) is 0 Å². The number of hydrogen-bond acceptors (Lipinski definition) is 2. The van der Waals surface area contributed by atoms with E-state index in [1.54, 1.807) is 0 Å². The molecular weight excluding hydrogens is 196 g/mol. The summed E-state index contributed by atoms with van der Waals surface area (Å²) in [6.45, 7) is 3.07. The molecule has 82 valence electrons. The lowest BCUT2D eigenvalue weighted by atomic mass is 10.1. The minimum Gasteiger partial charge on any atom is -0.310 e. The summed E-state index contributed by atoms with van der Waals surface area (Å²) in [7, 11) is 0. The van der Waals surface area contributed by atoms with Gasteiger partial charge in [-0.1, -0.05) is 23.8 Å². The van der Waals surface area contributed by atoms with Crippen LogP contribution in [-0.2, 0) is 0 Å². The van der Waals surface area contributed by atoms with Crippen LogP contribution in [0.4, 0.5) is 0 Å². The molecule has 1 N–H and O–H groups in total. The minimum atomic E-state index is 0.719. The van der Waals surface area contributed by atoms with Gasteiger partial charge < -0.3 is 5.32 Å². The van der Waals surface area contributed by atoms with Crippen molar-refractivity contribution in [1.82, 2.24) is 5.32 Å². The molecule has 2 nitrogen and oxygen atoms in total. The Morgan fingerprint density at radius 1 is 1.56 bits per heavy atom. The highest BCUT2D eigenvalue weighted by atomic mass is 14.9. The third kappa shape index (κ3) is 3.22. The molecule has 1 aromatic rings. The maximum Gasteiger partial charge on any atom is 0.0991 e. The maximum atomic E-state index is 8.80. The molecule has 0 aromatic heterocycles. The van der Waals surface area contributed by atoms with Crippen molar-refractivity contribution in [3.8, 4) is 6.07 Å². The molecule has 0 spiro atoms. The van der Waals surface area contributed by atoms with Gasteiger partial charge in [0, 0.05) is 12.6 Å². The number of hydrogen-bond donors (Lipinski definition) is 1. The Bertz CT molecular complexity index is 436. The Morgan fingerprint density at radius 2 is 2.38 bits per heavy atom. The predicted octanol–water partition coefficient (Wildman–Crippen LogP) is 2.71. The van der Waals surface area contributed by atoms with Crippen LogP contribution < -0.4 is 5.32 Å². The van der Waals surface area contributed by atoms with Crippen LogP contribution in [0.2, 0.25) is 0 Å². The highest BCUT2D eigenvalue weighted by Crippen LogP contribution is 2.19. The van der Waals surface area contributed by atoms with E-state index in [0.717, 1.165) is 23.7 Å². The van der Waals surface area contributed by atoms with Crippen molar-refractivity contribution in [2.75, 3.05) is 6.54 Å². The van der Waals surface area contributed by atoms with E-state index >= 15 is 0 Å². The first-order valence-corrected chi connectivity index (χ1v) is 5.68. The monoisotopic (exact) mass is 212 g/mol. The lowest BCUT2D eigenvalue weighted by molar-refractivity contribution is 0.736. The highest BCUT2D eigenvalue weighted by Gasteiger charge is 2.19. The van der Waals surface area contributed by atoms with Gasteiger partial charge in [-0.15, -0.1) is 0 Å². The zero-order valence-corrected chi connectivity index (χ0v) is 9.53. The highest BCUT2D eigenvalue weighted by molar-refractivity contribution is 5.55. The lowest BCUT2D eigenvalue weighted by Gasteiger charge is -2.03. The molecular formula is C14H16N2. The lowest BCUT2D eigenvalue weighted by Crippen LogP contribution is -2.18. The zero-order valence-electron chi connectivity index (χ0n) is 9.53. The number of benzene rings is 1. The van der Waals surface area contributed by atoms with Crippen LogP contribution in [-0.4, -0.2) is 12.6 Å². The van der Waals surface area contributed by atoms with E-state index in [9.17, 15) is 0 Å². The van der Waals surface area contributed by atoms with Gasteiger partial charge in [-0.2, -0.15) is 5.26 Å². The molecule has 0 radical (unpaired) electrons. The van der Waals surface area contributed by atoms with E-state index in [0.29, 0.717) is 0 Å². The molecule has 0 bridgehead atoms. The Kier molecular flexibility index (Phi) is 3.38. The van der Waals surface area contributed by atoms with Crippen molar-refractivity contribution < 1.29 is 0 Å². The molecule has 1 aliphatic carbocycles. The molecule has 1 aromatic carbocycles. The number of nitrogens with one attached hydrogen (secondary N) is 1. The van der Waals surface area contributed by atoms with Gasteiger partial charge in [0.25, 0.3) is 0 Å². The Morgan fingerprint density at radius 3 is 3.06 bits per heavy atom. The van der Waals surface area contributed by atoms with Gasteiger partial charge in [0.05, 0.1) is 11.6 Å². The second-order valence-electron chi connectivity index (χ2n) is 4.38. The van der Waals surface area contributed by atoms with E-state index < -0.39 is 0 Å². The summed E-state index contributed by atoms with van der Waals surface area (Å²) in [6, 6.07) is 10.6. The SMILES string of the molecule is CC(=Cc1cccc(C#N)c1)CNC1CC1. The first-order valence-electron chi connectivity index (χ1n) is 5.68. The van der Waals surface area contributed by atoms with Crippen molar-refractivity contribution in [2.24, 2.45) is 0 Å². The quantitative estimate of drug-likeness (QED) is 0.833. The van der Waals surface area contributed by atoms with Crippen molar-refractivity contribution in [1.29, 1.82) is 5.26 Å². The number of nitriles is 1. The molecule has 2 rings (SSSR count). The van der Waals surface area contributed by atoms with Crippen molar-refractivity contribution in [2.45, 2.75) is 25.8 Å². The Hall–Kier alpha value is -1.59. The van der Waals surface area contributed by atoms with Gasteiger partial charge >= 0.3 is 0 Å². The number of nitrogens with zero attached hydrogens (tertiary/aromatic N) is 1. The molecule has 1 aliphatic rings. The fraction of sp³-hybridized carbons (Fsp3) is 0.357. The summed E-state index contributed by atoms with van der Waals surface area (Å²) >= 11 is 0. The van der Waals surface area contributed by atoms with Gasteiger partial charge in [-0.3, -0.25) is 0 Å². The molecule has 0 aliphatic heterocycles. The Labute approximate surface area is 96.6 Å². The van der Waals surface area contributed by atoms with E-state index in [1.807, 2.05) is 24.3 Å². The van der Waals surface area contributed by atoms with E-state index in [1.165, 1.54) is 18.4 Å². The molecule has 0 amide bonds. The standard InChI is InChI=1S/C14H16N2/c1-11(10-16-14-5-6-14)7-12-3-2-4-13(8-12)9-15/h2-4,7-8,14,16H,5-6,10H2,1H3. The minimum absolute atomic E-state index is 0.719. The van der Waals surface area contributed by atoms with Crippen LogP contribution in [0.15, 0.2) is 29.8 Å². The molecule has 0 saturated heterocycles. The Balaban J connectivity index is 1.99. The van der Waals surface area contributed by atoms with E-state index in [4.69, 9.17) is 5.26 Å². The second-order valence-corrected chi connectivity index (χ2v) is 4.38. The van der Waals surface area contributed by atoms with E-state index in [2.05, 4.69) is 24.4 Å². The fourth-order valence-electron chi connectivity index (χ4n) is 1.63. The van der Waals surface area contributed by atoms with Crippen molar-refractivity contribution >= 4 is 6.08 Å². The smallest absolute Gasteiger partial charge is 0.0991 e. The number of rotatable bonds is 4. The summed E-state index contributed by atoms with van der Waals surface area (Å²) in [6.07, 6.45) is 4.77.